The van der Waals surface area contributed by atoms with Gasteiger partial charge in [0.1, 0.15) is 0 Å². The van der Waals surface area contributed by atoms with Crippen LogP contribution in [0.4, 0.5) is 0 Å². The van der Waals surface area contributed by atoms with Crippen LogP contribution < -0.4 is 5.32 Å². The number of aromatic nitrogens is 2. The van der Waals surface area contributed by atoms with Gasteiger partial charge < -0.3 is 9.88 Å². The zero-order chi connectivity index (χ0) is 12.8. The van der Waals surface area contributed by atoms with Gasteiger partial charge in [-0.15, -0.1) is 0 Å². The van der Waals surface area contributed by atoms with Crippen LogP contribution in [0.1, 0.15) is 43.1 Å². The Morgan fingerprint density at radius 1 is 1.37 bits per heavy atom. The van der Waals surface area contributed by atoms with Gasteiger partial charge >= 0.3 is 0 Å². The predicted molar refractivity (Wildman–Crippen MR) is 70.6 cm³/mol. The predicted octanol–water partition coefficient (Wildman–Crippen LogP) is 0.855. The maximum Gasteiger partial charge on any atom is 0.234 e. The summed E-state index contributed by atoms with van der Waals surface area (Å²) < 4.78 is 2.36. The zero-order valence-corrected chi connectivity index (χ0v) is 11.1. The van der Waals surface area contributed by atoms with Crippen molar-refractivity contribution < 1.29 is 4.79 Å². The lowest BCUT2D eigenvalue weighted by atomic mass is 10.1. The van der Waals surface area contributed by atoms with Crippen molar-refractivity contribution in [3.63, 3.8) is 0 Å². The van der Waals surface area contributed by atoms with Crippen LogP contribution >= 0.6 is 0 Å². The molecule has 0 saturated heterocycles. The molecule has 1 aromatic heterocycles. The number of nitrogens with one attached hydrogen (secondary N) is 1. The highest BCUT2D eigenvalue weighted by molar-refractivity contribution is 5.78. The first-order valence-corrected chi connectivity index (χ1v) is 7.36. The molecule has 5 nitrogen and oxygen atoms in total. The van der Waals surface area contributed by atoms with E-state index in [1.54, 1.807) is 0 Å². The van der Waals surface area contributed by atoms with Crippen molar-refractivity contribution in [3.8, 4) is 0 Å². The Bertz CT molecular complexity index is 502. The van der Waals surface area contributed by atoms with E-state index in [0.29, 0.717) is 18.6 Å². The topological polar surface area (TPSA) is 50.2 Å². The van der Waals surface area contributed by atoms with Crippen LogP contribution in [0.3, 0.4) is 0 Å². The van der Waals surface area contributed by atoms with Crippen LogP contribution in [0.15, 0.2) is 6.33 Å². The number of hydrogen-bond acceptors (Lipinski definition) is 3. The van der Waals surface area contributed by atoms with Crippen molar-refractivity contribution in [1.29, 1.82) is 0 Å². The van der Waals surface area contributed by atoms with E-state index in [1.807, 2.05) is 6.33 Å². The van der Waals surface area contributed by atoms with E-state index in [1.165, 1.54) is 24.2 Å². The molecular formula is C14H20N4O. The molecule has 0 aromatic carbocycles. The van der Waals surface area contributed by atoms with E-state index in [9.17, 15) is 4.79 Å². The minimum absolute atomic E-state index is 0.174. The number of carbonyl (C=O) groups excluding carboxylic acids is 1. The first-order chi connectivity index (χ1) is 9.29. The van der Waals surface area contributed by atoms with Crippen molar-refractivity contribution >= 4 is 5.91 Å². The summed E-state index contributed by atoms with van der Waals surface area (Å²) in [5, 5.41) is 3.05. The zero-order valence-electron chi connectivity index (χ0n) is 11.1. The van der Waals surface area contributed by atoms with Gasteiger partial charge in [0.25, 0.3) is 0 Å². The monoisotopic (exact) mass is 260 g/mol. The van der Waals surface area contributed by atoms with E-state index in [2.05, 4.69) is 19.8 Å². The Morgan fingerprint density at radius 2 is 2.21 bits per heavy atom. The highest BCUT2D eigenvalue weighted by Crippen LogP contribution is 2.37. The molecule has 2 heterocycles. The Hall–Kier alpha value is -1.36. The van der Waals surface area contributed by atoms with Gasteiger partial charge in [0.2, 0.25) is 5.91 Å². The quantitative estimate of drug-likeness (QED) is 0.873. The van der Waals surface area contributed by atoms with E-state index in [-0.39, 0.29) is 5.91 Å². The summed E-state index contributed by atoms with van der Waals surface area (Å²) >= 11 is 0. The van der Waals surface area contributed by atoms with Crippen molar-refractivity contribution in [2.24, 2.45) is 0 Å². The van der Waals surface area contributed by atoms with Crippen molar-refractivity contribution in [2.75, 3.05) is 13.1 Å². The Kier molecular flexibility index (Phi) is 2.62. The van der Waals surface area contributed by atoms with E-state index >= 15 is 0 Å². The molecule has 0 unspecified atom stereocenters. The lowest BCUT2D eigenvalue weighted by molar-refractivity contribution is -0.122. The molecule has 5 heteroatoms. The molecule has 0 atom stereocenters. The van der Waals surface area contributed by atoms with E-state index in [4.69, 9.17) is 0 Å². The second-order valence-corrected chi connectivity index (χ2v) is 6.08. The standard InChI is InChI=1S/C14H20N4O/c19-14(16-10-1-2-10)8-17-6-5-13-12(7-17)15-9-18(13)11-3-4-11/h9-11H,1-8H2,(H,16,19). The lowest BCUT2D eigenvalue weighted by Gasteiger charge is -2.26. The molecule has 1 N–H and O–H groups in total. The third-order valence-corrected chi connectivity index (χ3v) is 4.27. The number of carbonyl (C=O) groups is 1. The Morgan fingerprint density at radius 3 is 2.95 bits per heavy atom. The van der Waals surface area contributed by atoms with Crippen molar-refractivity contribution in [1.82, 2.24) is 19.8 Å². The van der Waals surface area contributed by atoms with Crippen LogP contribution in [-0.4, -0.2) is 39.5 Å². The summed E-state index contributed by atoms with van der Waals surface area (Å²) in [6.45, 7) is 2.32. The summed E-state index contributed by atoms with van der Waals surface area (Å²) in [6, 6.07) is 1.17. The van der Waals surface area contributed by atoms with Gasteiger partial charge in [-0.05, 0) is 25.7 Å². The second-order valence-electron chi connectivity index (χ2n) is 6.08. The summed E-state index contributed by atoms with van der Waals surface area (Å²) in [4.78, 5) is 18.6. The van der Waals surface area contributed by atoms with E-state index < -0.39 is 0 Å². The molecule has 1 aromatic rings. The molecule has 2 aliphatic carbocycles. The number of imidazole rings is 1. The lowest BCUT2D eigenvalue weighted by Crippen LogP contribution is -2.40. The third kappa shape index (κ3) is 2.39. The molecular weight excluding hydrogens is 240 g/mol. The molecule has 2 saturated carbocycles. The highest BCUT2D eigenvalue weighted by Gasteiger charge is 2.30. The van der Waals surface area contributed by atoms with Gasteiger partial charge in [-0.3, -0.25) is 9.69 Å². The molecule has 4 rings (SSSR count). The van der Waals surface area contributed by atoms with Crippen LogP contribution in [0, 0.1) is 0 Å². The number of hydrogen-bond donors (Lipinski definition) is 1. The molecule has 3 aliphatic rings. The molecule has 0 bridgehead atoms. The van der Waals surface area contributed by atoms with Gasteiger partial charge in [0.15, 0.2) is 0 Å². The number of nitrogens with zero attached hydrogens (tertiary/aromatic N) is 3. The van der Waals surface area contributed by atoms with Crippen molar-refractivity contribution in [3.05, 3.63) is 17.7 Å². The molecule has 0 radical (unpaired) electrons. The second kappa shape index (κ2) is 4.34. The molecule has 1 amide bonds. The molecule has 1 aliphatic heterocycles. The minimum atomic E-state index is 0.174. The fraction of sp³-hybridized carbons (Fsp3) is 0.714. The van der Waals surface area contributed by atoms with Gasteiger partial charge in [0, 0.05) is 37.3 Å². The summed E-state index contributed by atoms with van der Waals surface area (Å²) in [5.74, 6) is 0.174. The average molecular weight is 260 g/mol. The third-order valence-electron chi connectivity index (χ3n) is 4.27. The van der Waals surface area contributed by atoms with Crippen LogP contribution in [-0.2, 0) is 17.8 Å². The SMILES string of the molecule is O=C(CN1CCc2c(ncn2C2CC2)C1)NC1CC1. The molecule has 0 spiro atoms. The largest absolute Gasteiger partial charge is 0.352 e. The van der Waals surface area contributed by atoms with Gasteiger partial charge in [-0.1, -0.05) is 0 Å². The highest BCUT2D eigenvalue weighted by atomic mass is 16.2. The van der Waals surface area contributed by atoms with Gasteiger partial charge in [0.05, 0.1) is 18.6 Å². The number of amides is 1. The Balaban J connectivity index is 1.39. The average Bonchev–Trinajstić information content (AvgIpc) is 3.30. The summed E-state index contributed by atoms with van der Waals surface area (Å²) in [5.41, 5.74) is 2.58. The first kappa shape index (κ1) is 11.5. The van der Waals surface area contributed by atoms with Crippen LogP contribution in [0.2, 0.25) is 0 Å². The minimum Gasteiger partial charge on any atom is -0.352 e. The summed E-state index contributed by atoms with van der Waals surface area (Å²) in [7, 11) is 0. The fourth-order valence-corrected chi connectivity index (χ4v) is 2.89. The van der Waals surface area contributed by atoms with Crippen molar-refractivity contribution in [2.45, 2.75) is 50.7 Å². The molecule has 102 valence electrons. The van der Waals surface area contributed by atoms with Crippen LogP contribution in [0.25, 0.3) is 0 Å². The van der Waals surface area contributed by atoms with Crippen LogP contribution in [0.5, 0.6) is 0 Å². The number of rotatable bonds is 4. The van der Waals surface area contributed by atoms with Gasteiger partial charge in [-0.2, -0.15) is 0 Å². The number of fused-ring (bicyclic) bond motifs is 1. The normalized spacial score (nSPS) is 23.2. The van der Waals surface area contributed by atoms with E-state index in [0.717, 1.165) is 32.4 Å². The first-order valence-electron chi connectivity index (χ1n) is 7.36. The smallest absolute Gasteiger partial charge is 0.234 e. The van der Waals surface area contributed by atoms with Gasteiger partial charge in [-0.25, -0.2) is 4.98 Å². The maximum absolute atomic E-state index is 11.8. The Labute approximate surface area is 113 Å². The fourth-order valence-electron chi connectivity index (χ4n) is 2.89. The maximum atomic E-state index is 11.8. The summed E-state index contributed by atoms with van der Waals surface area (Å²) in [6.07, 6.45) is 7.94. The molecule has 2 fully saturated rings. The molecule has 19 heavy (non-hydrogen) atoms.